The van der Waals surface area contributed by atoms with Gasteiger partial charge in [-0.05, 0) is 55.9 Å². The Morgan fingerprint density at radius 3 is 2.81 bits per heavy atom. The van der Waals surface area contributed by atoms with Crippen molar-refractivity contribution >= 4 is 22.8 Å². The summed E-state index contributed by atoms with van der Waals surface area (Å²) in [4.78, 5) is 29.9. The number of furan rings is 1. The second-order valence-corrected chi connectivity index (χ2v) is 9.75. The normalized spacial score (nSPS) is 22.2. The quantitative estimate of drug-likeness (QED) is 0.441. The first kappa shape index (κ1) is 25.5. The molecule has 0 aliphatic carbocycles. The molecule has 5 rings (SSSR count). The van der Waals surface area contributed by atoms with E-state index in [2.05, 4.69) is 10.3 Å². The molecule has 2 aromatic heterocycles. The van der Waals surface area contributed by atoms with Crippen LogP contribution in [-0.4, -0.2) is 59.9 Å². The van der Waals surface area contributed by atoms with E-state index >= 15 is 0 Å². The Bertz CT molecular complexity index is 1270. The monoisotopic (exact) mass is 510 g/mol. The number of benzene rings is 1. The van der Waals surface area contributed by atoms with Gasteiger partial charge in [0.15, 0.2) is 11.4 Å². The summed E-state index contributed by atoms with van der Waals surface area (Å²) in [5.41, 5.74) is 2.58. The first-order valence-electron chi connectivity index (χ1n) is 12.8. The largest absolute Gasteiger partial charge is 0.462 e. The lowest BCUT2D eigenvalue weighted by Crippen LogP contribution is -2.48. The van der Waals surface area contributed by atoms with Crippen LogP contribution >= 0.6 is 0 Å². The summed E-state index contributed by atoms with van der Waals surface area (Å²) < 4.78 is 31.4. The molecule has 2 aliphatic rings. The predicted molar refractivity (Wildman–Crippen MR) is 133 cm³/mol. The van der Waals surface area contributed by atoms with Gasteiger partial charge in [-0.2, -0.15) is 0 Å². The van der Waals surface area contributed by atoms with Gasteiger partial charge >= 0.3 is 0 Å². The molecule has 0 bridgehead atoms. The van der Waals surface area contributed by atoms with Crippen LogP contribution in [0.5, 0.6) is 0 Å². The number of ether oxygens (including phenoxy) is 2. The minimum absolute atomic E-state index is 0.0727. The van der Waals surface area contributed by atoms with E-state index in [-0.39, 0.29) is 42.6 Å². The number of aliphatic hydroxyl groups is 1. The standard InChI is InChI=1S/C28H31FN2O6/c29-21-14-17(4-6-20(21)25(32)7-5-19-3-1-2-10-36-19)13-18-15-24(30-23-9-12-37-27(18)23)28(34)31-22-8-11-35-16-26(22)33/h4,6,9,12,14-15,19,22,26,33H,1-3,5,7-8,10-11,13,16H2,(H,31,34)/t19?,22-,26-/m0/s1. The molecule has 4 heterocycles. The molecule has 9 heteroatoms. The van der Waals surface area contributed by atoms with Crippen LogP contribution < -0.4 is 5.32 Å². The maximum atomic E-state index is 14.9. The van der Waals surface area contributed by atoms with Crippen LogP contribution in [0.4, 0.5) is 4.39 Å². The number of hydrogen-bond donors (Lipinski definition) is 2. The number of nitrogens with zero attached hydrogens (tertiary/aromatic N) is 1. The maximum Gasteiger partial charge on any atom is 0.270 e. The van der Waals surface area contributed by atoms with Gasteiger partial charge in [0, 0.05) is 37.7 Å². The molecule has 37 heavy (non-hydrogen) atoms. The summed E-state index contributed by atoms with van der Waals surface area (Å²) in [7, 11) is 0. The SMILES string of the molecule is O=C(N[C@H]1CCOC[C@@H]1O)c1cc(Cc2ccc(C(=O)CCC3CCCCO3)c(F)c2)c2occc2n1. The Labute approximate surface area is 214 Å². The highest BCUT2D eigenvalue weighted by Gasteiger charge is 2.26. The molecule has 3 atom stereocenters. The van der Waals surface area contributed by atoms with Crippen molar-refractivity contribution in [2.45, 2.75) is 63.2 Å². The average Bonchev–Trinajstić information content (AvgIpc) is 3.38. The molecule has 1 aromatic carbocycles. The number of aromatic nitrogens is 1. The van der Waals surface area contributed by atoms with Gasteiger partial charge in [0.25, 0.3) is 5.91 Å². The molecule has 2 aliphatic heterocycles. The van der Waals surface area contributed by atoms with Gasteiger partial charge in [0.2, 0.25) is 0 Å². The number of halogens is 1. The number of Topliss-reactive ketones (excluding diaryl/α,β-unsaturated/α-hetero) is 1. The highest BCUT2D eigenvalue weighted by atomic mass is 19.1. The molecule has 1 unspecified atom stereocenters. The molecule has 2 fully saturated rings. The summed E-state index contributed by atoms with van der Waals surface area (Å²) in [5.74, 6) is -1.21. The number of fused-ring (bicyclic) bond motifs is 1. The maximum absolute atomic E-state index is 14.9. The van der Waals surface area contributed by atoms with E-state index in [4.69, 9.17) is 13.9 Å². The van der Waals surface area contributed by atoms with Gasteiger partial charge in [0.05, 0.1) is 36.7 Å². The molecule has 0 radical (unpaired) electrons. The smallest absolute Gasteiger partial charge is 0.270 e. The first-order chi connectivity index (χ1) is 18.0. The minimum atomic E-state index is -0.783. The van der Waals surface area contributed by atoms with Gasteiger partial charge in [-0.15, -0.1) is 0 Å². The van der Waals surface area contributed by atoms with Crippen LogP contribution in [0.15, 0.2) is 41.0 Å². The molecular weight excluding hydrogens is 479 g/mol. The highest BCUT2D eigenvalue weighted by molar-refractivity contribution is 5.96. The van der Waals surface area contributed by atoms with E-state index < -0.39 is 23.9 Å². The summed E-state index contributed by atoms with van der Waals surface area (Å²) in [6.45, 7) is 1.35. The molecule has 2 N–H and O–H groups in total. The van der Waals surface area contributed by atoms with Crippen molar-refractivity contribution in [1.29, 1.82) is 0 Å². The second kappa shape index (κ2) is 11.5. The second-order valence-electron chi connectivity index (χ2n) is 9.75. The van der Waals surface area contributed by atoms with Crippen LogP contribution in [0, 0.1) is 5.82 Å². The third kappa shape index (κ3) is 6.06. The van der Waals surface area contributed by atoms with Crippen molar-refractivity contribution in [3.8, 4) is 0 Å². The van der Waals surface area contributed by atoms with E-state index in [1.807, 2.05) is 0 Å². The van der Waals surface area contributed by atoms with Crippen molar-refractivity contribution in [3.05, 3.63) is 64.8 Å². The van der Waals surface area contributed by atoms with Gasteiger partial charge in [-0.25, -0.2) is 9.37 Å². The number of carbonyl (C=O) groups excluding carboxylic acids is 2. The van der Waals surface area contributed by atoms with Gasteiger partial charge in [-0.3, -0.25) is 9.59 Å². The fourth-order valence-electron chi connectivity index (χ4n) is 4.98. The molecule has 2 saturated heterocycles. The van der Waals surface area contributed by atoms with Gasteiger partial charge in [0.1, 0.15) is 17.0 Å². The summed E-state index contributed by atoms with van der Waals surface area (Å²) in [6, 6.07) is 7.47. The Balaban J connectivity index is 1.30. The molecular formula is C28H31FN2O6. The van der Waals surface area contributed by atoms with Crippen LogP contribution in [-0.2, 0) is 15.9 Å². The fraction of sp³-hybridized carbons (Fsp3) is 0.464. The number of amides is 1. The van der Waals surface area contributed by atoms with E-state index in [0.29, 0.717) is 41.7 Å². The number of hydrogen-bond acceptors (Lipinski definition) is 7. The zero-order valence-electron chi connectivity index (χ0n) is 20.6. The van der Waals surface area contributed by atoms with Gasteiger partial charge < -0.3 is 24.3 Å². The number of aliphatic hydroxyl groups excluding tert-OH is 1. The van der Waals surface area contributed by atoms with Crippen LogP contribution in [0.25, 0.3) is 11.1 Å². The number of carbonyl (C=O) groups is 2. The number of nitrogens with one attached hydrogen (secondary N) is 1. The lowest BCUT2D eigenvalue weighted by atomic mass is 9.97. The Kier molecular flexibility index (Phi) is 7.93. The lowest BCUT2D eigenvalue weighted by molar-refractivity contribution is -0.0261. The summed E-state index contributed by atoms with van der Waals surface area (Å²) in [6.07, 6.45) is 5.51. The van der Waals surface area contributed by atoms with Crippen LogP contribution in [0.3, 0.4) is 0 Å². The van der Waals surface area contributed by atoms with E-state index in [1.165, 1.54) is 18.4 Å². The average molecular weight is 511 g/mol. The number of pyridine rings is 1. The van der Waals surface area contributed by atoms with Crippen molar-refractivity contribution in [3.63, 3.8) is 0 Å². The Hall–Kier alpha value is -3.14. The summed E-state index contributed by atoms with van der Waals surface area (Å²) >= 11 is 0. The van der Waals surface area contributed by atoms with Crippen molar-refractivity contribution in [2.75, 3.05) is 19.8 Å². The number of rotatable bonds is 8. The molecule has 196 valence electrons. The summed E-state index contributed by atoms with van der Waals surface area (Å²) in [5, 5.41) is 12.9. The zero-order chi connectivity index (χ0) is 25.8. The van der Waals surface area contributed by atoms with Crippen molar-refractivity contribution in [2.24, 2.45) is 0 Å². The van der Waals surface area contributed by atoms with Crippen molar-refractivity contribution in [1.82, 2.24) is 10.3 Å². The molecule has 1 amide bonds. The van der Waals surface area contributed by atoms with E-state index in [0.717, 1.165) is 25.9 Å². The van der Waals surface area contributed by atoms with Crippen LogP contribution in [0.2, 0.25) is 0 Å². The Morgan fingerprint density at radius 1 is 1.14 bits per heavy atom. The molecule has 8 nitrogen and oxygen atoms in total. The van der Waals surface area contributed by atoms with E-state index in [1.54, 1.807) is 18.2 Å². The third-order valence-electron chi connectivity index (χ3n) is 7.06. The molecule has 0 spiro atoms. The first-order valence-corrected chi connectivity index (χ1v) is 12.8. The third-order valence-corrected chi connectivity index (χ3v) is 7.06. The topological polar surface area (TPSA) is 111 Å². The minimum Gasteiger partial charge on any atom is -0.462 e. The Morgan fingerprint density at radius 2 is 2.03 bits per heavy atom. The van der Waals surface area contributed by atoms with Gasteiger partial charge in [-0.1, -0.05) is 6.07 Å². The zero-order valence-corrected chi connectivity index (χ0v) is 20.6. The van der Waals surface area contributed by atoms with Crippen molar-refractivity contribution < 1.29 is 33.0 Å². The predicted octanol–water partition coefficient (Wildman–Crippen LogP) is 3.97. The molecule has 0 saturated carbocycles. The lowest BCUT2D eigenvalue weighted by Gasteiger charge is -2.28. The molecule has 3 aromatic rings. The highest BCUT2D eigenvalue weighted by Crippen LogP contribution is 2.25. The number of ketones is 1. The van der Waals surface area contributed by atoms with Crippen LogP contribution in [0.1, 0.15) is 70.5 Å². The van der Waals surface area contributed by atoms with E-state index in [9.17, 15) is 19.1 Å². The fourth-order valence-corrected chi connectivity index (χ4v) is 4.98.